The van der Waals surface area contributed by atoms with Gasteiger partial charge in [0.25, 0.3) is 0 Å². The molecule has 0 amide bonds. The van der Waals surface area contributed by atoms with E-state index in [-0.39, 0.29) is 0 Å². The number of pyridine rings is 1. The van der Waals surface area contributed by atoms with Gasteiger partial charge in [-0.15, -0.1) is 0 Å². The molecule has 2 heterocycles. The monoisotopic (exact) mass is 220 g/mol. The van der Waals surface area contributed by atoms with Crippen LogP contribution in [-0.2, 0) is 13.6 Å². The highest BCUT2D eigenvalue weighted by Crippen LogP contribution is 2.25. The van der Waals surface area contributed by atoms with Gasteiger partial charge in [-0.25, -0.2) is 4.98 Å². The summed E-state index contributed by atoms with van der Waals surface area (Å²) in [4.78, 5) is 9.50. The first kappa shape index (κ1) is 10.2. The Morgan fingerprint density at radius 1 is 1.40 bits per heavy atom. The van der Waals surface area contributed by atoms with Crippen molar-refractivity contribution in [3.8, 4) is 0 Å². The van der Waals surface area contributed by atoms with Crippen LogP contribution in [0.1, 0.15) is 5.69 Å². The molecule has 0 saturated heterocycles. The topological polar surface area (TPSA) is 56.7 Å². The molecular formula is C10H12N4S. The fourth-order valence-corrected chi connectivity index (χ4v) is 2.04. The normalized spacial score (nSPS) is 10.5. The van der Waals surface area contributed by atoms with Gasteiger partial charge in [0, 0.05) is 37.1 Å². The molecule has 2 N–H and O–H groups in total. The molecule has 2 aromatic rings. The minimum atomic E-state index is 0.467. The van der Waals surface area contributed by atoms with Crippen molar-refractivity contribution in [2.75, 3.05) is 0 Å². The van der Waals surface area contributed by atoms with Crippen LogP contribution in [0.15, 0.2) is 40.8 Å². The molecule has 78 valence electrons. The number of nitrogens with two attached hydrogens (primary N) is 1. The Bertz CT molecular complexity index is 452. The Balaban J connectivity index is 2.21. The van der Waals surface area contributed by atoms with Gasteiger partial charge in [0.15, 0.2) is 5.16 Å². The highest BCUT2D eigenvalue weighted by Gasteiger charge is 2.02. The van der Waals surface area contributed by atoms with Gasteiger partial charge in [0.05, 0.1) is 5.69 Å². The van der Waals surface area contributed by atoms with E-state index in [1.165, 1.54) is 0 Å². The molecule has 5 heteroatoms. The number of aromatic nitrogens is 3. The number of hydrogen-bond donors (Lipinski definition) is 1. The van der Waals surface area contributed by atoms with Crippen molar-refractivity contribution in [1.82, 2.24) is 14.5 Å². The summed E-state index contributed by atoms with van der Waals surface area (Å²) in [6.45, 7) is 0.467. The average Bonchev–Trinajstić information content (AvgIpc) is 2.65. The summed E-state index contributed by atoms with van der Waals surface area (Å²) in [6.07, 6.45) is 5.48. The van der Waals surface area contributed by atoms with E-state index in [2.05, 4.69) is 9.97 Å². The molecular weight excluding hydrogens is 208 g/mol. The van der Waals surface area contributed by atoms with Crippen molar-refractivity contribution < 1.29 is 0 Å². The van der Waals surface area contributed by atoms with E-state index in [4.69, 9.17) is 5.73 Å². The zero-order chi connectivity index (χ0) is 10.7. The summed E-state index contributed by atoms with van der Waals surface area (Å²) in [5.41, 5.74) is 6.43. The summed E-state index contributed by atoms with van der Waals surface area (Å²) >= 11 is 1.61. The Morgan fingerprint density at radius 3 is 2.93 bits per heavy atom. The van der Waals surface area contributed by atoms with E-state index in [1.54, 1.807) is 24.2 Å². The molecule has 0 aliphatic heterocycles. The molecule has 0 aliphatic rings. The second-order valence-electron chi connectivity index (χ2n) is 3.11. The maximum Gasteiger partial charge on any atom is 0.172 e. The Labute approximate surface area is 92.5 Å². The Morgan fingerprint density at radius 2 is 2.27 bits per heavy atom. The van der Waals surface area contributed by atoms with E-state index < -0.39 is 0 Å². The van der Waals surface area contributed by atoms with Gasteiger partial charge in [0.2, 0.25) is 0 Å². The van der Waals surface area contributed by atoms with Crippen LogP contribution in [0.4, 0.5) is 0 Å². The minimum absolute atomic E-state index is 0.467. The third-order valence-electron chi connectivity index (χ3n) is 1.98. The van der Waals surface area contributed by atoms with E-state index in [0.717, 1.165) is 15.7 Å². The first-order chi connectivity index (χ1) is 7.29. The van der Waals surface area contributed by atoms with E-state index in [9.17, 15) is 0 Å². The van der Waals surface area contributed by atoms with Crippen LogP contribution in [0.5, 0.6) is 0 Å². The summed E-state index contributed by atoms with van der Waals surface area (Å²) in [7, 11) is 1.97. The minimum Gasteiger partial charge on any atom is -0.329 e. The number of imidazole rings is 1. The highest BCUT2D eigenvalue weighted by molar-refractivity contribution is 7.99. The number of rotatable bonds is 3. The number of nitrogens with zero attached hydrogens (tertiary/aromatic N) is 3. The molecule has 0 fully saturated rings. The van der Waals surface area contributed by atoms with Gasteiger partial charge in [-0.2, -0.15) is 0 Å². The standard InChI is InChI=1S/C10H12N4S/c1-14-5-4-13-10(14)15-9-2-3-12-8(6-9)7-11/h2-6H,7,11H2,1H3. The molecule has 2 aromatic heterocycles. The molecule has 0 saturated carbocycles. The molecule has 2 rings (SSSR count). The van der Waals surface area contributed by atoms with Crippen molar-refractivity contribution in [3.05, 3.63) is 36.4 Å². The van der Waals surface area contributed by atoms with Crippen LogP contribution < -0.4 is 5.73 Å². The summed E-state index contributed by atoms with van der Waals surface area (Å²) < 4.78 is 1.98. The van der Waals surface area contributed by atoms with Crippen LogP contribution in [-0.4, -0.2) is 14.5 Å². The largest absolute Gasteiger partial charge is 0.329 e. The molecule has 0 atom stereocenters. The lowest BCUT2D eigenvalue weighted by atomic mass is 10.3. The summed E-state index contributed by atoms with van der Waals surface area (Å²) in [5, 5.41) is 0.962. The van der Waals surface area contributed by atoms with Gasteiger partial charge in [0.1, 0.15) is 0 Å². The van der Waals surface area contributed by atoms with Crippen molar-refractivity contribution >= 4 is 11.8 Å². The number of hydrogen-bond acceptors (Lipinski definition) is 4. The van der Waals surface area contributed by atoms with Gasteiger partial charge in [-0.3, -0.25) is 4.98 Å². The van der Waals surface area contributed by atoms with Crippen molar-refractivity contribution in [3.63, 3.8) is 0 Å². The maximum atomic E-state index is 5.53. The molecule has 15 heavy (non-hydrogen) atoms. The van der Waals surface area contributed by atoms with Gasteiger partial charge < -0.3 is 10.3 Å². The van der Waals surface area contributed by atoms with E-state index >= 15 is 0 Å². The lowest BCUT2D eigenvalue weighted by Crippen LogP contribution is -1.98. The van der Waals surface area contributed by atoms with Crippen LogP contribution >= 0.6 is 11.8 Å². The first-order valence-electron chi connectivity index (χ1n) is 4.60. The highest BCUT2D eigenvalue weighted by atomic mass is 32.2. The van der Waals surface area contributed by atoms with Gasteiger partial charge >= 0.3 is 0 Å². The van der Waals surface area contributed by atoms with Crippen LogP contribution in [0.3, 0.4) is 0 Å². The quantitative estimate of drug-likeness (QED) is 0.850. The molecule has 0 aliphatic carbocycles. The smallest absolute Gasteiger partial charge is 0.172 e. The predicted octanol–water partition coefficient (Wildman–Crippen LogP) is 1.43. The number of aryl methyl sites for hydroxylation is 1. The predicted molar refractivity (Wildman–Crippen MR) is 59.5 cm³/mol. The molecule has 0 aromatic carbocycles. The molecule has 4 nitrogen and oxygen atoms in total. The summed E-state index contributed by atoms with van der Waals surface area (Å²) in [6, 6.07) is 3.94. The van der Waals surface area contributed by atoms with Gasteiger partial charge in [-0.05, 0) is 12.1 Å². The zero-order valence-corrected chi connectivity index (χ0v) is 9.24. The van der Waals surface area contributed by atoms with E-state index in [1.807, 2.05) is 29.9 Å². The van der Waals surface area contributed by atoms with E-state index in [0.29, 0.717) is 6.54 Å². The zero-order valence-electron chi connectivity index (χ0n) is 8.42. The second-order valence-corrected chi connectivity index (χ2v) is 4.15. The molecule has 0 radical (unpaired) electrons. The fourth-order valence-electron chi connectivity index (χ4n) is 1.19. The SMILES string of the molecule is Cn1ccnc1Sc1ccnc(CN)c1. The second kappa shape index (κ2) is 4.46. The molecule has 0 spiro atoms. The Kier molecular flexibility index (Phi) is 3.03. The lowest BCUT2D eigenvalue weighted by molar-refractivity contribution is 0.790. The molecule has 0 bridgehead atoms. The van der Waals surface area contributed by atoms with Crippen molar-refractivity contribution in [2.45, 2.75) is 16.6 Å². The van der Waals surface area contributed by atoms with Crippen LogP contribution in [0.25, 0.3) is 0 Å². The van der Waals surface area contributed by atoms with Crippen molar-refractivity contribution in [2.24, 2.45) is 12.8 Å². The third-order valence-corrected chi connectivity index (χ3v) is 3.05. The lowest BCUT2D eigenvalue weighted by Gasteiger charge is -2.02. The Hall–Kier alpha value is -1.33. The third kappa shape index (κ3) is 2.37. The maximum absolute atomic E-state index is 5.53. The fraction of sp³-hybridized carbons (Fsp3) is 0.200. The van der Waals surface area contributed by atoms with Crippen LogP contribution in [0, 0.1) is 0 Å². The summed E-state index contributed by atoms with van der Waals surface area (Å²) in [5.74, 6) is 0. The van der Waals surface area contributed by atoms with Gasteiger partial charge in [-0.1, -0.05) is 11.8 Å². The van der Waals surface area contributed by atoms with Crippen molar-refractivity contribution in [1.29, 1.82) is 0 Å². The molecule has 0 unspecified atom stereocenters. The van der Waals surface area contributed by atoms with Crippen LogP contribution in [0.2, 0.25) is 0 Å². The first-order valence-corrected chi connectivity index (χ1v) is 5.41. The average molecular weight is 220 g/mol.